The molecule has 7 heteroatoms. The van der Waals surface area contributed by atoms with Gasteiger partial charge in [0.25, 0.3) is 0 Å². The van der Waals surface area contributed by atoms with Gasteiger partial charge in [0, 0.05) is 18.2 Å². The molecule has 5 rings (SSSR count). The molecular formula is C28H24FN3O3. The number of carboxylic acids is 1. The summed E-state index contributed by atoms with van der Waals surface area (Å²) in [5, 5.41) is 9.68. The molecule has 35 heavy (non-hydrogen) atoms. The number of imidazole rings is 1. The average molecular weight is 470 g/mol. The lowest BCUT2D eigenvalue weighted by atomic mass is 10.1. The Morgan fingerprint density at radius 1 is 1.00 bits per heavy atom. The van der Waals surface area contributed by atoms with Crippen molar-refractivity contribution in [2.75, 3.05) is 0 Å². The lowest BCUT2D eigenvalue weighted by Crippen LogP contribution is -2.08. The molecule has 0 spiro atoms. The third-order valence-electron chi connectivity index (χ3n) is 6.10. The Kier molecular flexibility index (Phi) is 5.91. The van der Waals surface area contributed by atoms with Crippen molar-refractivity contribution in [1.82, 2.24) is 14.4 Å². The first-order valence-corrected chi connectivity index (χ1v) is 11.4. The first kappa shape index (κ1) is 22.5. The molecule has 0 fully saturated rings. The quantitative estimate of drug-likeness (QED) is 0.338. The van der Waals surface area contributed by atoms with Crippen molar-refractivity contribution in [2.24, 2.45) is 0 Å². The molecule has 0 radical (unpaired) electrons. The third kappa shape index (κ3) is 4.57. The number of carbonyl (C=O) groups is 1. The lowest BCUT2D eigenvalue weighted by Gasteiger charge is -2.10. The van der Waals surface area contributed by atoms with Crippen LogP contribution in [0, 0.1) is 19.7 Å². The van der Waals surface area contributed by atoms with Crippen LogP contribution in [0.4, 0.5) is 4.39 Å². The first-order chi connectivity index (χ1) is 16.9. The second-order valence-electron chi connectivity index (χ2n) is 8.61. The minimum absolute atomic E-state index is 0.235. The zero-order valence-corrected chi connectivity index (χ0v) is 19.5. The maximum atomic E-state index is 14.7. The van der Waals surface area contributed by atoms with Crippen molar-refractivity contribution in [3.63, 3.8) is 0 Å². The summed E-state index contributed by atoms with van der Waals surface area (Å²) in [5.41, 5.74) is 5.13. The number of nitrogens with zero attached hydrogens (tertiary/aromatic N) is 3. The van der Waals surface area contributed by atoms with E-state index in [9.17, 15) is 14.3 Å². The lowest BCUT2D eigenvalue weighted by molar-refractivity contribution is -0.136. The van der Waals surface area contributed by atoms with E-state index in [-0.39, 0.29) is 6.42 Å². The van der Waals surface area contributed by atoms with Gasteiger partial charge in [-0.1, -0.05) is 42.5 Å². The zero-order valence-electron chi connectivity index (χ0n) is 19.5. The first-order valence-electron chi connectivity index (χ1n) is 11.4. The summed E-state index contributed by atoms with van der Waals surface area (Å²) < 4.78 is 22.3. The van der Waals surface area contributed by atoms with E-state index in [1.165, 1.54) is 6.07 Å². The van der Waals surface area contributed by atoms with Gasteiger partial charge >= 0.3 is 5.97 Å². The second-order valence-corrected chi connectivity index (χ2v) is 8.61. The van der Waals surface area contributed by atoms with E-state index in [1.807, 2.05) is 50.2 Å². The summed E-state index contributed by atoms with van der Waals surface area (Å²) in [7, 11) is 0. The Morgan fingerprint density at radius 3 is 2.43 bits per heavy atom. The van der Waals surface area contributed by atoms with Gasteiger partial charge in [-0.25, -0.2) is 14.4 Å². The predicted molar refractivity (Wildman–Crippen MR) is 130 cm³/mol. The number of aliphatic carboxylic acids is 1. The number of benzene rings is 2. The van der Waals surface area contributed by atoms with Crippen LogP contribution < -0.4 is 0 Å². The maximum Gasteiger partial charge on any atom is 0.309 e. The summed E-state index contributed by atoms with van der Waals surface area (Å²) in [4.78, 5) is 21.4. The van der Waals surface area contributed by atoms with Gasteiger partial charge in [0.1, 0.15) is 17.3 Å². The summed E-state index contributed by atoms with van der Waals surface area (Å²) in [6.45, 7) is 3.86. The molecule has 0 bridgehead atoms. The van der Waals surface area contributed by atoms with E-state index in [0.717, 1.165) is 16.9 Å². The molecule has 0 aliphatic carbocycles. The molecule has 176 valence electrons. The SMILES string of the molecule is Cc1cc(Cc2nc3c(Cc4ccccc4)nc(-c4ccccc4F)cn3c2CC(=O)O)oc1C. The minimum atomic E-state index is -0.978. The van der Waals surface area contributed by atoms with Gasteiger partial charge in [0.2, 0.25) is 0 Å². The fourth-order valence-corrected chi connectivity index (χ4v) is 4.28. The normalized spacial score (nSPS) is 11.3. The number of halogens is 1. The van der Waals surface area contributed by atoms with E-state index in [2.05, 4.69) is 0 Å². The van der Waals surface area contributed by atoms with E-state index < -0.39 is 11.8 Å². The number of rotatable bonds is 7. The Labute approximate surface area is 201 Å². The number of carboxylic acid groups (broad SMARTS) is 1. The summed E-state index contributed by atoms with van der Waals surface area (Å²) in [5.74, 6) is 0.152. The van der Waals surface area contributed by atoms with Crippen LogP contribution in [-0.4, -0.2) is 25.4 Å². The molecule has 2 aromatic carbocycles. The van der Waals surface area contributed by atoms with E-state index in [4.69, 9.17) is 14.4 Å². The predicted octanol–water partition coefficient (Wildman–Crippen LogP) is 5.55. The molecule has 3 heterocycles. The Hall–Kier alpha value is -4.26. The largest absolute Gasteiger partial charge is 0.481 e. The number of furan rings is 1. The standard InChI is InChI=1S/C28H24FN3O3/c1-17-12-20(35-18(17)2)14-23-26(15-27(33)34)32-16-25(21-10-6-7-11-22(21)29)30-24(28(32)31-23)13-19-8-4-3-5-9-19/h3-12,16H,13-15H2,1-2H3,(H,33,34). The highest BCUT2D eigenvalue weighted by atomic mass is 19.1. The molecular weight excluding hydrogens is 445 g/mol. The molecule has 0 atom stereocenters. The highest BCUT2D eigenvalue weighted by Gasteiger charge is 2.22. The Bertz CT molecular complexity index is 1520. The number of hydrogen-bond donors (Lipinski definition) is 1. The molecule has 6 nitrogen and oxygen atoms in total. The van der Waals surface area contributed by atoms with Crippen LogP contribution in [0.5, 0.6) is 0 Å². The van der Waals surface area contributed by atoms with Gasteiger partial charge in [-0.15, -0.1) is 0 Å². The van der Waals surface area contributed by atoms with Crippen molar-refractivity contribution < 1.29 is 18.7 Å². The van der Waals surface area contributed by atoms with Crippen LogP contribution in [0.1, 0.15) is 39.7 Å². The Balaban J connectivity index is 1.73. The van der Waals surface area contributed by atoms with Crippen molar-refractivity contribution in [3.8, 4) is 11.3 Å². The van der Waals surface area contributed by atoms with Gasteiger partial charge < -0.3 is 9.52 Å². The topological polar surface area (TPSA) is 80.6 Å². The summed E-state index contributed by atoms with van der Waals surface area (Å²) in [6.07, 6.45) is 2.25. The second kappa shape index (κ2) is 9.18. The molecule has 0 aliphatic heterocycles. The fraction of sp³-hybridized carbons (Fsp3) is 0.179. The van der Waals surface area contributed by atoms with Crippen molar-refractivity contribution in [2.45, 2.75) is 33.1 Å². The number of aryl methyl sites for hydroxylation is 2. The van der Waals surface area contributed by atoms with Crippen LogP contribution in [-0.2, 0) is 24.1 Å². The van der Waals surface area contributed by atoms with E-state index >= 15 is 0 Å². The van der Waals surface area contributed by atoms with Gasteiger partial charge in [0.15, 0.2) is 5.65 Å². The maximum absolute atomic E-state index is 14.7. The fourth-order valence-electron chi connectivity index (χ4n) is 4.28. The van der Waals surface area contributed by atoms with Gasteiger partial charge in [-0.05, 0) is 43.2 Å². The molecule has 0 saturated carbocycles. The average Bonchev–Trinajstić information content (AvgIpc) is 3.33. The highest BCUT2D eigenvalue weighted by Crippen LogP contribution is 2.27. The number of fused-ring (bicyclic) bond motifs is 1. The molecule has 0 saturated heterocycles. The van der Waals surface area contributed by atoms with Crippen molar-refractivity contribution in [3.05, 3.63) is 112 Å². The van der Waals surface area contributed by atoms with Gasteiger partial charge in [-0.3, -0.25) is 9.20 Å². The third-order valence-corrected chi connectivity index (χ3v) is 6.10. The molecule has 1 N–H and O–H groups in total. The summed E-state index contributed by atoms with van der Waals surface area (Å²) in [6, 6.07) is 18.2. The zero-order chi connectivity index (χ0) is 24.5. The number of hydrogen-bond acceptors (Lipinski definition) is 4. The molecule has 3 aromatic heterocycles. The van der Waals surface area contributed by atoms with E-state index in [0.29, 0.717) is 52.6 Å². The van der Waals surface area contributed by atoms with Crippen LogP contribution >= 0.6 is 0 Å². The van der Waals surface area contributed by atoms with Gasteiger partial charge in [-0.2, -0.15) is 0 Å². The smallest absolute Gasteiger partial charge is 0.309 e. The highest BCUT2D eigenvalue weighted by molar-refractivity contribution is 5.71. The summed E-state index contributed by atoms with van der Waals surface area (Å²) >= 11 is 0. The van der Waals surface area contributed by atoms with E-state index in [1.54, 1.807) is 28.8 Å². The molecule has 0 unspecified atom stereocenters. The minimum Gasteiger partial charge on any atom is -0.481 e. The monoisotopic (exact) mass is 469 g/mol. The van der Waals surface area contributed by atoms with Crippen molar-refractivity contribution >= 4 is 11.6 Å². The van der Waals surface area contributed by atoms with Crippen LogP contribution in [0.15, 0.2) is 71.3 Å². The van der Waals surface area contributed by atoms with Crippen LogP contribution in [0.3, 0.4) is 0 Å². The van der Waals surface area contributed by atoms with Gasteiger partial charge in [0.05, 0.1) is 35.6 Å². The van der Waals surface area contributed by atoms with Crippen molar-refractivity contribution in [1.29, 1.82) is 0 Å². The Morgan fingerprint density at radius 2 is 1.74 bits per heavy atom. The molecule has 5 aromatic rings. The van der Waals surface area contributed by atoms with Crippen LogP contribution in [0.2, 0.25) is 0 Å². The molecule has 0 aliphatic rings. The molecule has 0 amide bonds. The number of aromatic nitrogens is 3. The van der Waals surface area contributed by atoms with Crippen LogP contribution in [0.25, 0.3) is 16.9 Å².